The van der Waals surface area contributed by atoms with Crippen LogP contribution in [-0.4, -0.2) is 14.8 Å². The van der Waals surface area contributed by atoms with Crippen molar-refractivity contribution in [1.82, 2.24) is 0 Å². The van der Waals surface area contributed by atoms with Crippen molar-refractivity contribution in [2.24, 2.45) is 0 Å². The molecule has 16 heavy (non-hydrogen) atoms. The second-order valence-electron chi connectivity index (χ2n) is 2.78. The van der Waals surface area contributed by atoms with E-state index in [0.717, 1.165) is 17.9 Å². The molecule has 0 N–H and O–H groups in total. The molecule has 1 aromatic rings. The van der Waals surface area contributed by atoms with Crippen LogP contribution >= 0.6 is 0 Å². The summed E-state index contributed by atoms with van der Waals surface area (Å²) < 4.78 is 62.4. The highest BCUT2D eigenvalue weighted by molar-refractivity contribution is 7.93. The zero-order chi connectivity index (χ0) is 12.4. The van der Waals surface area contributed by atoms with Crippen molar-refractivity contribution in [3.63, 3.8) is 0 Å². The van der Waals surface area contributed by atoms with E-state index in [4.69, 9.17) is 0 Å². The molecule has 7 heteroatoms. The number of hydrogen-bond donors (Lipinski definition) is 0. The average Bonchev–Trinajstić information content (AvgIpc) is 2.16. The summed E-state index contributed by atoms with van der Waals surface area (Å²) in [5, 5.41) is 0. The number of sulfone groups is 1. The first-order valence-corrected chi connectivity index (χ1v) is 5.70. The van der Waals surface area contributed by atoms with Crippen LogP contribution in [0.4, 0.5) is 13.2 Å². The number of para-hydroxylation sites is 1. The highest BCUT2D eigenvalue weighted by Gasteiger charge is 2.33. The van der Waals surface area contributed by atoms with Crippen LogP contribution in [-0.2, 0) is 9.84 Å². The Hall–Kier alpha value is -1.24. The van der Waals surface area contributed by atoms with E-state index in [2.05, 4.69) is 4.74 Å². The molecule has 1 radical (unpaired) electrons. The summed E-state index contributed by atoms with van der Waals surface area (Å²) in [5.41, 5.74) is 0. The van der Waals surface area contributed by atoms with Crippen LogP contribution in [0.25, 0.3) is 0 Å². The first-order chi connectivity index (χ1) is 7.26. The maximum Gasteiger partial charge on any atom is 0.573 e. The normalized spacial score (nSPS) is 12.5. The highest BCUT2D eigenvalue weighted by Crippen LogP contribution is 2.30. The van der Waals surface area contributed by atoms with Gasteiger partial charge in [-0.05, 0) is 19.1 Å². The zero-order valence-electron chi connectivity index (χ0n) is 8.15. The van der Waals surface area contributed by atoms with Gasteiger partial charge in [-0.3, -0.25) is 0 Å². The zero-order valence-corrected chi connectivity index (χ0v) is 8.97. The number of halogens is 3. The van der Waals surface area contributed by atoms with Gasteiger partial charge >= 0.3 is 6.36 Å². The molecule has 0 saturated heterocycles. The minimum absolute atomic E-state index is 0.505. The van der Waals surface area contributed by atoms with Gasteiger partial charge in [0.1, 0.15) is 10.6 Å². The summed E-state index contributed by atoms with van der Waals surface area (Å²) in [4.78, 5) is -0.505. The lowest BCUT2D eigenvalue weighted by atomic mass is 10.3. The summed E-state index contributed by atoms with van der Waals surface area (Å²) in [7, 11) is -3.85. The summed E-state index contributed by atoms with van der Waals surface area (Å²) in [6.07, 6.45) is -4.92. The number of rotatable bonds is 3. The molecule has 0 amide bonds. The standard InChI is InChI=1S/C9H8F3O3S/c1-2-16(13,14)8-6-4-3-5-7(8)15-9(10,11)12/h2-6H,1H3. The molecular formula is C9H8F3O3S. The van der Waals surface area contributed by atoms with Crippen LogP contribution in [0.5, 0.6) is 5.75 Å². The summed E-state index contributed by atoms with van der Waals surface area (Å²) >= 11 is 0. The molecular weight excluding hydrogens is 245 g/mol. The third kappa shape index (κ3) is 3.13. The summed E-state index contributed by atoms with van der Waals surface area (Å²) in [6, 6.07) is 4.58. The molecule has 0 spiro atoms. The van der Waals surface area contributed by atoms with Crippen LogP contribution in [0.3, 0.4) is 0 Å². The van der Waals surface area contributed by atoms with E-state index in [-0.39, 0.29) is 0 Å². The molecule has 0 aliphatic heterocycles. The smallest absolute Gasteiger partial charge is 0.404 e. The Morgan fingerprint density at radius 3 is 2.31 bits per heavy atom. The number of hydrogen-bond acceptors (Lipinski definition) is 3. The first-order valence-electron chi connectivity index (χ1n) is 4.15. The third-order valence-corrected chi connectivity index (χ3v) is 3.26. The van der Waals surface area contributed by atoms with Crippen LogP contribution in [0.2, 0.25) is 0 Å². The Morgan fingerprint density at radius 1 is 1.25 bits per heavy atom. The van der Waals surface area contributed by atoms with Gasteiger partial charge in [0, 0.05) is 0 Å². The summed E-state index contributed by atoms with van der Waals surface area (Å²) in [5.74, 6) is 0.0825. The molecule has 0 fully saturated rings. The highest BCUT2D eigenvalue weighted by atomic mass is 32.2. The fourth-order valence-corrected chi connectivity index (χ4v) is 1.93. The van der Waals surface area contributed by atoms with Gasteiger partial charge in [0.25, 0.3) is 0 Å². The Labute approximate surface area is 90.8 Å². The van der Waals surface area contributed by atoms with E-state index in [9.17, 15) is 21.6 Å². The quantitative estimate of drug-likeness (QED) is 0.831. The minimum Gasteiger partial charge on any atom is -0.404 e. The van der Waals surface area contributed by atoms with Gasteiger partial charge in [0.05, 0.1) is 5.75 Å². The predicted octanol–water partition coefficient (Wildman–Crippen LogP) is 2.54. The van der Waals surface area contributed by atoms with Gasteiger partial charge in [0.2, 0.25) is 0 Å². The van der Waals surface area contributed by atoms with Crippen molar-refractivity contribution in [3.05, 3.63) is 30.0 Å². The molecule has 0 atom stereocenters. The van der Waals surface area contributed by atoms with Gasteiger partial charge in [-0.1, -0.05) is 12.1 Å². The van der Waals surface area contributed by atoms with E-state index >= 15 is 0 Å². The van der Waals surface area contributed by atoms with E-state index < -0.39 is 26.8 Å². The monoisotopic (exact) mass is 253 g/mol. The Balaban J connectivity index is 3.22. The second-order valence-corrected chi connectivity index (χ2v) is 4.78. The minimum atomic E-state index is -4.92. The van der Waals surface area contributed by atoms with Crippen molar-refractivity contribution >= 4 is 9.84 Å². The Morgan fingerprint density at radius 2 is 1.81 bits per heavy atom. The van der Waals surface area contributed by atoms with Crippen molar-refractivity contribution in [1.29, 1.82) is 0 Å². The molecule has 0 unspecified atom stereocenters. The van der Waals surface area contributed by atoms with Gasteiger partial charge in [0.15, 0.2) is 9.84 Å². The Kier molecular flexibility index (Phi) is 3.47. The predicted molar refractivity (Wildman–Crippen MR) is 50.3 cm³/mol. The SMILES string of the molecule is C[CH]S(=O)(=O)c1ccccc1OC(F)(F)F. The molecule has 0 heterocycles. The van der Waals surface area contributed by atoms with E-state index in [1.807, 2.05) is 0 Å². The molecule has 1 rings (SSSR count). The molecule has 89 valence electrons. The number of ether oxygens (including phenoxy) is 1. The lowest BCUT2D eigenvalue weighted by Crippen LogP contribution is -2.18. The number of alkyl halides is 3. The van der Waals surface area contributed by atoms with Gasteiger partial charge < -0.3 is 4.74 Å². The van der Waals surface area contributed by atoms with E-state index in [0.29, 0.717) is 0 Å². The van der Waals surface area contributed by atoms with Gasteiger partial charge in [-0.2, -0.15) is 0 Å². The molecule has 0 saturated carbocycles. The van der Waals surface area contributed by atoms with Crippen LogP contribution in [0.15, 0.2) is 29.2 Å². The third-order valence-electron chi connectivity index (χ3n) is 1.69. The fourth-order valence-electron chi connectivity index (χ4n) is 1.02. The first kappa shape index (κ1) is 12.8. The van der Waals surface area contributed by atoms with Crippen LogP contribution in [0, 0.1) is 5.75 Å². The maximum atomic E-state index is 12.0. The fraction of sp³-hybridized carbons (Fsp3) is 0.222. The van der Waals surface area contributed by atoms with Crippen molar-refractivity contribution in [2.75, 3.05) is 0 Å². The summed E-state index contributed by atoms with van der Waals surface area (Å²) in [6.45, 7) is 1.22. The van der Waals surface area contributed by atoms with E-state index in [1.165, 1.54) is 19.1 Å². The van der Waals surface area contributed by atoms with E-state index in [1.54, 1.807) is 0 Å². The molecule has 3 nitrogen and oxygen atoms in total. The van der Waals surface area contributed by atoms with Crippen LogP contribution in [0.1, 0.15) is 6.92 Å². The average molecular weight is 253 g/mol. The topological polar surface area (TPSA) is 43.4 Å². The van der Waals surface area contributed by atoms with Crippen LogP contribution < -0.4 is 4.74 Å². The van der Waals surface area contributed by atoms with Gasteiger partial charge in [-0.25, -0.2) is 8.42 Å². The molecule has 1 aromatic carbocycles. The molecule has 0 bridgehead atoms. The second kappa shape index (κ2) is 4.32. The molecule has 0 aliphatic rings. The lowest BCUT2D eigenvalue weighted by Gasteiger charge is -2.12. The number of benzene rings is 1. The maximum absolute atomic E-state index is 12.0. The largest absolute Gasteiger partial charge is 0.573 e. The van der Waals surface area contributed by atoms with Crippen molar-refractivity contribution in [3.8, 4) is 5.75 Å². The van der Waals surface area contributed by atoms with Crippen molar-refractivity contribution in [2.45, 2.75) is 18.2 Å². The van der Waals surface area contributed by atoms with Gasteiger partial charge in [-0.15, -0.1) is 13.2 Å². The lowest BCUT2D eigenvalue weighted by molar-refractivity contribution is -0.275. The molecule has 0 aliphatic carbocycles. The molecule has 0 aromatic heterocycles. The van der Waals surface area contributed by atoms with Crippen molar-refractivity contribution < 1.29 is 26.3 Å². The Bertz CT molecular complexity index is 465.